The molecule has 10 nitrogen and oxygen atoms in total. The van der Waals surface area contributed by atoms with Gasteiger partial charge in [0.1, 0.15) is 11.5 Å². The van der Waals surface area contributed by atoms with Gasteiger partial charge >= 0.3 is 12.3 Å². The molecule has 0 aliphatic carbocycles. The lowest BCUT2D eigenvalue weighted by Gasteiger charge is -2.28. The molecule has 0 aliphatic rings. The van der Waals surface area contributed by atoms with E-state index < -0.39 is 22.6 Å². The highest BCUT2D eigenvalue weighted by atomic mass is 16.7. The van der Waals surface area contributed by atoms with Gasteiger partial charge in [0.05, 0.1) is 25.2 Å². The Balaban J connectivity index is 0.000000422. The first-order chi connectivity index (χ1) is 18.8. The lowest BCUT2D eigenvalue weighted by molar-refractivity contribution is -0.386. The van der Waals surface area contributed by atoms with Crippen molar-refractivity contribution in [3.8, 4) is 11.5 Å². The van der Waals surface area contributed by atoms with Crippen LogP contribution < -0.4 is 15.2 Å². The zero-order valence-corrected chi connectivity index (χ0v) is 27.6. The van der Waals surface area contributed by atoms with Gasteiger partial charge in [-0.15, -0.1) is 0 Å². The number of hydrogen-bond acceptors (Lipinski definition) is 9. The standard InChI is InChI=1S/C16H23NO5.C16H25NO3/c1-15(2,3)10-8-11(16(4,5)6)13(22-14(18)21-7)9-12(10)17(19)20;1-15(2,3)10-8-11(16(4,5)6)13(9-12(10)17)20-14(18)19-7/h8-9H,1-7H3;8-9H,17H2,1-7H3. The predicted octanol–water partition coefficient (Wildman–Crippen LogP) is 8.34. The second-order valence-electron chi connectivity index (χ2n) is 14.2. The SMILES string of the molecule is COC(=O)Oc1cc(N)c(C(C)(C)C)cc1C(C)(C)C.COC(=O)Oc1cc([N+](=O)[O-])c(C(C)(C)C)cc1C(C)(C)C. The molecule has 2 aromatic carbocycles. The molecule has 0 unspecified atom stereocenters. The van der Waals surface area contributed by atoms with Crippen LogP contribution >= 0.6 is 0 Å². The Bertz CT molecular complexity index is 1300. The Morgan fingerprint density at radius 2 is 0.952 bits per heavy atom. The molecule has 234 valence electrons. The topological polar surface area (TPSA) is 140 Å². The summed E-state index contributed by atoms with van der Waals surface area (Å²) in [5.41, 5.74) is 8.93. The first kappa shape index (κ1) is 36.2. The van der Waals surface area contributed by atoms with Gasteiger partial charge in [-0.2, -0.15) is 0 Å². The molecule has 0 aromatic heterocycles. The van der Waals surface area contributed by atoms with Gasteiger partial charge in [0.15, 0.2) is 0 Å². The molecule has 0 spiro atoms. The van der Waals surface area contributed by atoms with Crippen LogP contribution in [-0.4, -0.2) is 31.5 Å². The highest BCUT2D eigenvalue weighted by Crippen LogP contribution is 2.41. The summed E-state index contributed by atoms with van der Waals surface area (Å²) in [5, 5.41) is 11.4. The van der Waals surface area contributed by atoms with Crippen molar-refractivity contribution in [1.29, 1.82) is 0 Å². The number of nitro groups is 1. The van der Waals surface area contributed by atoms with Crippen molar-refractivity contribution in [2.45, 2.75) is 105 Å². The molecule has 2 aromatic rings. The number of nitro benzene ring substituents is 1. The van der Waals surface area contributed by atoms with Gasteiger partial charge in [-0.25, -0.2) is 9.59 Å². The molecule has 10 heteroatoms. The maximum absolute atomic E-state index is 11.4. The monoisotopic (exact) mass is 588 g/mol. The van der Waals surface area contributed by atoms with Crippen molar-refractivity contribution in [3.05, 3.63) is 56.6 Å². The predicted molar refractivity (Wildman–Crippen MR) is 165 cm³/mol. The number of anilines is 1. The van der Waals surface area contributed by atoms with Gasteiger partial charge in [-0.05, 0) is 39.4 Å². The van der Waals surface area contributed by atoms with Gasteiger partial charge in [0.2, 0.25) is 0 Å². The van der Waals surface area contributed by atoms with Gasteiger partial charge < -0.3 is 24.7 Å². The molecular formula is C32H48N2O8. The van der Waals surface area contributed by atoms with E-state index in [1.54, 1.807) is 12.1 Å². The molecule has 0 radical (unpaired) electrons. The Labute approximate surface area is 250 Å². The zero-order chi connectivity index (χ0) is 33.0. The van der Waals surface area contributed by atoms with Gasteiger partial charge in [0, 0.05) is 28.4 Å². The third-order valence-electron chi connectivity index (χ3n) is 6.40. The molecule has 0 bridgehead atoms. The molecule has 0 aliphatic heterocycles. The van der Waals surface area contributed by atoms with Gasteiger partial charge in [-0.3, -0.25) is 10.1 Å². The van der Waals surface area contributed by atoms with Crippen LogP contribution in [-0.2, 0) is 31.1 Å². The summed E-state index contributed by atoms with van der Waals surface area (Å²) >= 11 is 0. The number of rotatable bonds is 3. The third-order valence-corrected chi connectivity index (χ3v) is 6.40. The summed E-state index contributed by atoms with van der Waals surface area (Å²) in [6.45, 7) is 24.1. The number of nitrogen functional groups attached to an aromatic ring is 1. The van der Waals surface area contributed by atoms with Crippen molar-refractivity contribution in [2.24, 2.45) is 0 Å². The number of nitrogens with two attached hydrogens (primary N) is 1. The highest BCUT2D eigenvalue weighted by molar-refractivity contribution is 5.68. The minimum Gasteiger partial charge on any atom is -0.437 e. The number of carbonyl (C=O) groups excluding carboxylic acids is 2. The van der Waals surface area contributed by atoms with E-state index in [0.29, 0.717) is 22.6 Å². The first-order valence-corrected chi connectivity index (χ1v) is 13.6. The summed E-state index contributed by atoms with van der Waals surface area (Å²) in [5.74, 6) is 0.605. The fourth-order valence-corrected chi connectivity index (χ4v) is 4.17. The van der Waals surface area contributed by atoms with Gasteiger partial charge in [0.25, 0.3) is 5.69 Å². The van der Waals surface area contributed by atoms with E-state index >= 15 is 0 Å². The summed E-state index contributed by atoms with van der Waals surface area (Å²) in [6.07, 6.45) is -1.64. The van der Waals surface area contributed by atoms with E-state index in [9.17, 15) is 19.7 Å². The van der Waals surface area contributed by atoms with Crippen LogP contribution in [0, 0.1) is 10.1 Å². The number of hydrogen-bond donors (Lipinski definition) is 1. The number of methoxy groups -OCH3 is 2. The maximum atomic E-state index is 11.4. The van der Waals surface area contributed by atoms with Crippen LogP contribution in [0.1, 0.15) is 105 Å². The summed E-state index contributed by atoms with van der Waals surface area (Å²) in [6, 6.07) is 6.78. The van der Waals surface area contributed by atoms with Crippen LogP contribution in [0.25, 0.3) is 0 Å². The number of nitrogens with zero attached hydrogens (tertiary/aromatic N) is 1. The van der Waals surface area contributed by atoms with Crippen molar-refractivity contribution >= 4 is 23.7 Å². The Hall–Kier alpha value is -3.82. The van der Waals surface area contributed by atoms with E-state index in [4.69, 9.17) is 15.2 Å². The quantitative estimate of drug-likeness (QED) is 0.123. The fraction of sp³-hybridized carbons (Fsp3) is 0.562. The summed E-state index contributed by atoms with van der Waals surface area (Å²) < 4.78 is 19.4. The number of ether oxygens (including phenoxy) is 4. The van der Waals surface area contributed by atoms with Crippen molar-refractivity contribution in [1.82, 2.24) is 0 Å². The van der Waals surface area contributed by atoms with Crippen molar-refractivity contribution in [2.75, 3.05) is 20.0 Å². The minimum atomic E-state index is -0.900. The lowest BCUT2D eigenvalue weighted by atomic mass is 9.79. The largest absolute Gasteiger partial charge is 0.513 e. The normalized spacial score (nSPS) is 12.0. The lowest BCUT2D eigenvalue weighted by Crippen LogP contribution is -2.20. The number of benzene rings is 2. The van der Waals surface area contributed by atoms with Crippen molar-refractivity contribution in [3.63, 3.8) is 0 Å². The first-order valence-electron chi connectivity index (χ1n) is 13.6. The van der Waals surface area contributed by atoms with E-state index in [-0.39, 0.29) is 27.7 Å². The Morgan fingerprint density at radius 1 is 0.619 bits per heavy atom. The third kappa shape index (κ3) is 9.63. The summed E-state index contributed by atoms with van der Waals surface area (Å²) in [7, 11) is 2.48. The van der Waals surface area contributed by atoms with E-state index in [2.05, 4.69) is 51.0 Å². The Kier molecular flexibility index (Phi) is 11.2. The molecule has 0 saturated carbocycles. The van der Waals surface area contributed by atoms with Crippen LogP contribution in [0.5, 0.6) is 11.5 Å². The molecular weight excluding hydrogens is 540 g/mol. The van der Waals surface area contributed by atoms with Crippen LogP contribution in [0.2, 0.25) is 0 Å². The van der Waals surface area contributed by atoms with Crippen LogP contribution in [0.15, 0.2) is 24.3 Å². The highest BCUT2D eigenvalue weighted by Gasteiger charge is 2.32. The molecule has 0 heterocycles. The molecule has 0 atom stereocenters. The number of carbonyl (C=O) groups is 2. The van der Waals surface area contributed by atoms with Crippen LogP contribution in [0.3, 0.4) is 0 Å². The molecule has 0 fully saturated rings. The average molecular weight is 589 g/mol. The maximum Gasteiger partial charge on any atom is 0.513 e. The van der Waals surface area contributed by atoms with Crippen LogP contribution in [0.4, 0.5) is 21.0 Å². The minimum absolute atomic E-state index is 0.0700. The van der Waals surface area contributed by atoms with Crippen molar-refractivity contribution < 1.29 is 33.5 Å². The van der Waals surface area contributed by atoms with Gasteiger partial charge in [-0.1, -0.05) is 83.1 Å². The van der Waals surface area contributed by atoms with E-state index in [0.717, 1.165) is 11.1 Å². The fourth-order valence-electron chi connectivity index (χ4n) is 4.17. The smallest absolute Gasteiger partial charge is 0.437 e. The zero-order valence-electron chi connectivity index (χ0n) is 27.6. The second kappa shape index (κ2) is 13.0. The molecule has 42 heavy (non-hydrogen) atoms. The second-order valence-corrected chi connectivity index (χ2v) is 14.2. The molecule has 0 saturated heterocycles. The van der Waals surface area contributed by atoms with E-state index in [1.807, 2.05) is 47.6 Å². The Morgan fingerprint density at radius 3 is 1.26 bits per heavy atom. The summed E-state index contributed by atoms with van der Waals surface area (Å²) in [4.78, 5) is 33.7. The average Bonchev–Trinajstić information content (AvgIpc) is 2.80. The van der Waals surface area contributed by atoms with E-state index in [1.165, 1.54) is 20.3 Å². The molecule has 2 N–H and O–H groups in total. The molecule has 0 amide bonds. The molecule has 2 rings (SSSR count).